The fourth-order valence-corrected chi connectivity index (χ4v) is 2.17. The van der Waals surface area contributed by atoms with Crippen molar-refractivity contribution in [3.8, 4) is 0 Å². The van der Waals surface area contributed by atoms with Crippen molar-refractivity contribution in [2.75, 3.05) is 0 Å². The average Bonchev–Trinajstić information content (AvgIpc) is 2.15. The molecule has 15 heavy (non-hydrogen) atoms. The first kappa shape index (κ1) is 10.7. The second-order valence-corrected chi connectivity index (χ2v) is 5.88. The molecule has 0 saturated heterocycles. The number of fused-ring (bicyclic) bond motifs is 1. The summed E-state index contributed by atoms with van der Waals surface area (Å²) in [5, 5.41) is 1.05. The topological polar surface area (TPSA) is 47.0 Å². The minimum atomic E-state index is -3.69. The van der Waals surface area contributed by atoms with E-state index in [9.17, 15) is 8.42 Å². The van der Waals surface area contributed by atoms with Gasteiger partial charge in [-0.2, -0.15) is 0 Å². The fraction of sp³-hybridized carbons (Fsp3) is 0. The summed E-state index contributed by atoms with van der Waals surface area (Å²) >= 11 is 5.69. The van der Waals surface area contributed by atoms with Gasteiger partial charge in [0.15, 0.2) is 0 Å². The van der Waals surface area contributed by atoms with Gasteiger partial charge in [0.05, 0.1) is 10.4 Å². The maximum Gasteiger partial charge on any atom is 0.261 e. The van der Waals surface area contributed by atoms with E-state index >= 15 is 0 Å². The number of hydrogen-bond acceptors (Lipinski definition) is 3. The normalized spacial score (nSPS) is 11.9. The number of rotatable bonds is 1. The third-order valence-electron chi connectivity index (χ3n) is 1.91. The summed E-state index contributed by atoms with van der Waals surface area (Å²) in [7, 11) is 1.52. The molecule has 0 aliphatic rings. The summed E-state index contributed by atoms with van der Waals surface area (Å²) in [4.78, 5) is 4.08. The molecule has 1 aromatic heterocycles. The van der Waals surface area contributed by atoms with Crippen LogP contribution in [-0.2, 0) is 9.05 Å². The van der Waals surface area contributed by atoms with E-state index in [1.54, 1.807) is 18.2 Å². The van der Waals surface area contributed by atoms with Crippen LogP contribution in [0.15, 0.2) is 35.2 Å². The number of aromatic nitrogens is 1. The number of nitrogens with zero attached hydrogens (tertiary/aromatic N) is 1. The molecule has 0 fully saturated rings. The zero-order valence-corrected chi connectivity index (χ0v) is 9.64. The average molecular weight is 262 g/mol. The highest BCUT2D eigenvalue weighted by molar-refractivity contribution is 8.13. The van der Waals surface area contributed by atoms with Gasteiger partial charge in [-0.25, -0.2) is 13.4 Å². The van der Waals surface area contributed by atoms with E-state index in [0.29, 0.717) is 16.1 Å². The summed E-state index contributed by atoms with van der Waals surface area (Å²) in [5.74, 6) is 0. The molecule has 78 valence electrons. The minimum Gasteiger partial charge on any atom is -0.236 e. The maximum absolute atomic E-state index is 11.1. The van der Waals surface area contributed by atoms with Gasteiger partial charge in [-0.05, 0) is 30.3 Å². The second kappa shape index (κ2) is 3.63. The first-order valence-electron chi connectivity index (χ1n) is 3.98. The second-order valence-electron chi connectivity index (χ2n) is 2.93. The van der Waals surface area contributed by atoms with Crippen LogP contribution in [0.1, 0.15) is 0 Å². The molecule has 0 radical (unpaired) electrons. The summed E-state index contributed by atoms with van der Waals surface area (Å²) in [6.07, 6.45) is 0. The largest absolute Gasteiger partial charge is 0.261 e. The lowest BCUT2D eigenvalue weighted by Crippen LogP contribution is -1.90. The van der Waals surface area contributed by atoms with E-state index in [0.717, 1.165) is 0 Å². The monoisotopic (exact) mass is 261 g/mol. The molecule has 0 unspecified atom stereocenters. The van der Waals surface area contributed by atoms with Crippen molar-refractivity contribution in [1.82, 2.24) is 4.98 Å². The highest BCUT2D eigenvalue weighted by atomic mass is 35.7. The molecule has 1 heterocycles. The standard InChI is InChI=1S/C9H5Cl2NO2S/c10-9-4-1-6-5-7(15(11,13)14)2-3-8(6)12-9/h1-5H. The van der Waals surface area contributed by atoms with Crippen molar-refractivity contribution >= 4 is 42.2 Å². The van der Waals surface area contributed by atoms with Gasteiger partial charge in [-0.1, -0.05) is 11.6 Å². The Bertz CT molecular complexity index is 625. The van der Waals surface area contributed by atoms with Crippen LogP contribution in [0.25, 0.3) is 10.9 Å². The Balaban J connectivity index is 2.73. The van der Waals surface area contributed by atoms with Gasteiger partial charge in [0.1, 0.15) is 5.15 Å². The van der Waals surface area contributed by atoms with Crippen LogP contribution in [0.4, 0.5) is 0 Å². The first-order valence-corrected chi connectivity index (χ1v) is 6.66. The van der Waals surface area contributed by atoms with Crippen LogP contribution in [0.5, 0.6) is 0 Å². The lowest BCUT2D eigenvalue weighted by molar-refractivity contribution is 0.609. The van der Waals surface area contributed by atoms with Crippen LogP contribution in [0.3, 0.4) is 0 Å². The van der Waals surface area contributed by atoms with Crippen molar-refractivity contribution in [3.05, 3.63) is 35.5 Å². The van der Waals surface area contributed by atoms with Gasteiger partial charge in [0.25, 0.3) is 9.05 Å². The Morgan fingerprint density at radius 3 is 2.53 bits per heavy atom. The SMILES string of the molecule is O=S(=O)(Cl)c1ccc2nc(Cl)ccc2c1. The van der Waals surface area contributed by atoms with E-state index in [2.05, 4.69) is 4.98 Å². The van der Waals surface area contributed by atoms with Crippen LogP contribution in [0, 0.1) is 0 Å². The zero-order chi connectivity index (χ0) is 11.1. The fourth-order valence-electron chi connectivity index (χ4n) is 1.23. The smallest absolute Gasteiger partial charge is 0.236 e. The van der Waals surface area contributed by atoms with Gasteiger partial charge in [-0.15, -0.1) is 0 Å². The number of hydrogen-bond donors (Lipinski definition) is 0. The van der Waals surface area contributed by atoms with Gasteiger partial charge in [0, 0.05) is 16.1 Å². The lowest BCUT2D eigenvalue weighted by Gasteiger charge is -2.00. The van der Waals surface area contributed by atoms with Crippen LogP contribution in [0.2, 0.25) is 5.15 Å². The number of halogens is 2. The zero-order valence-electron chi connectivity index (χ0n) is 7.31. The Morgan fingerprint density at radius 1 is 1.13 bits per heavy atom. The molecule has 0 spiro atoms. The predicted molar refractivity (Wildman–Crippen MR) is 59.8 cm³/mol. The molecule has 6 heteroatoms. The minimum absolute atomic E-state index is 0.0563. The molecule has 0 aliphatic carbocycles. The van der Waals surface area contributed by atoms with Gasteiger partial charge < -0.3 is 0 Å². The Kier molecular flexibility index (Phi) is 2.58. The van der Waals surface area contributed by atoms with Crippen molar-refractivity contribution in [1.29, 1.82) is 0 Å². The highest BCUT2D eigenvalue weighted by Crippen LogP contribution is 2.21. The molecule has 0 aliphatic heterocycles. The molecule has 0 saturated carbocycles. The van der Waals surface area contributed by atoms with Crippen LogP contribution < -0.4 is 0 Å². The van der Waals surface area contributed by atoms with E-state index in [1.165, 1.54) is 12.1 Å². The van der Waals surface area contributed by atoms with Crippen molar-refractivity contribution < 1.29 is 8.42 Å². The van der Waals surface area contributed by atoms with E-state index in [-0.39, 0.29) is 4.90 Å². The molecule has 3 nitrogen and oxygen atoms in total. The molecule has 0 N–H and O–H groups in total. The third-order valence-corrected chi connectivity index (χ3v) is 3.47. The van der Waals surface area contributed by atoms with Gasteiger partial charge >= 0.3 is 0 Å². The Hall–Kier alpha value is -0.840. The number of benzene rings is 1. The summed E-state index contributed by atoms with van der Waals surface area (Å²) in [5.41, 5.74) is 0.631. The molecule has 2 aromatic rings. The molecule has 1 aromatic carbocycles. The van der Waals surface area contributed by atoms with Gasteiger partial charge in [-0.3, -0.25) is 0 Å². The van der Waals surface area contributed by atoms with Gasteiger partial charge in [0.2, 0.25) is 0 Å². The third kappa shape index (κ3) is 2.22. The summed E-state index contributed by atoms with van der Waals surface area (Å²) in [6.45, 7) is 0. The molecule has 2 rings (SSSR count). The predicted octanol–water partition coefficient (Wildman–Crippen LogP) is 2.82. The van der Waals surface area contributed by atoms with Crippen LogP contribution in [-0.4, -0.2) is 13.4 Å². The molecule has 0 amide bonds. The van der Waals surface area contributed by atoms with E-state index < -0.39 is 9.05 Å². The molecule has 0 atom stereocenters. The van der Waals surface area contributed by atoms with Crippen molar-refractivity contribution in [2.45, 2.75) is 4.90 Å². The first-order chi connectivity index (χ1) is 6.97. The lowest BCUT2D eigenvalue weighted by atomic mass is 10.2. The molecular formula is C9H5Cl2NO2S. The quantitative estimate of drug-likeness (QED) is 0.586. The summed E-state index contributed by atoms with van der Waals surface area (Å²) in [6, 6.07) is 7.70. The Labute approximate surface area is 96.1 Å². The molecule has 0 bridgehead atoms. The van der Waals surface area contributed by atoms with Crippen molar-refractivity contribution in [2.24, 2.45) is 0 Å². The summed E-state index contributed by atoms with van der Waals surface area (Å²) < 4.78 is 22.1. The Morgan fingerprint density at radius 2 is 1.87 bits per heavy atom. The van der Waals surface area contributed by atoms with Crippen LogP contribution >= 0.6 is 22.3 Å². The van der Waals surface area contributed by atoms with E-state index in [1.807, 2.05) is 0 Å². The maximum atomic E-state index is 11.1. The van der Waals surface area contributed by atoms with Crippen molar-refractivity contribution in [3.63, 3.8) is 0 Å². The highest BCUT2D eigenvalue weighted by Gasteiger charge is 2.10. The van der Waals surface area contributed by atoms with E-state index in [4.69, 9.17) is 22.3 Å². The number of pyridine rings is 1. The molecular weight excluding hydrogens is 257 g/mol.